The molecule has 1 aromatic carbocycles. The molecule has 0 unspecified atom stereocenters. The van der Waals surface area contributed by atoms with E-state index in [-0.39, 0.29) is 29.8 Å². The topological polar surface area (TPSA) is 109 Å². The number of carbonyl (C=O) groups is 2. The average Bonchev–Trinajstić information content (AvgIpc) is 2.95. The highest BCUT2D eigenvalue weighted by atomic mass is 32.2. The monoisotopic (exact) mass is 391 g/mol. The van der Waals surface area contributed by atoms with E-state index in [0.717, 1.165) is 40.6 Å². The van der Waals surface area contributed by atoms with Gasteiger partial charge in [0.1, 0.15) is 0 Å². The zero-order valence-electron chi connectivity index (χ0n) is 16.0. The number of benzene rings is 1. The Morgan fingerprint density at radius 3 is 2.48 bits per heavy atom. The molecule has 27 heavy (non-hydrogen) atoms. The summed E-state index contributed by atoms with van der Waals surface area (Å²) in [5, 5.41) is 12.2. The lowest BCUT2D eigenvalue weighted by atomic mass is 10.1. The number of nitrogens with one attached hydrogen (secondary N) is 3. The summed E-state index contributed by atoms with van der Waals surface area (Å²) in [7, 11) is 0. The van der Waals surface area contributed by atoms with Crippen LogP contribution in [0.3, 0.4) is 0 Å². The van der Waals surface area contributed by atoms with E-state index in [2.05, 4.69) is 20.8 Å². The fraction of sp³-hybridized carbons (Fsp3) is 0.444. The molecule has 0 aliphatic carbocycles. The highest BCUT2D eigenvalue weighted by molar-refractivity contribution is 7.99. The third-order valence-electron chi connectivity index (χ3n) is 3.89. The van der Waals surface area contributed by atoms with Crippen LogP contribution >= 0.6 is 11.8 Å². The molecule has 146 valence electrons. The van der Waals surface area contributed by atoms with Gasteiger partial charge in [-0.1, -0.05) is 36.4 Å². The number of thioether (sulfide) groups is 1. The first kappa shape index (κ1) is 20.8. The minimum atomic E-state index is -0.300. The number of aromatic amines is 1. The molecule has 0 spiro atoms. The number of hydrogen-bond donors (Lipinski definition) is 3. The SMILES string of the molecule is CCCn1c(SCC(=O)NCC(=O)Nc2c(C)cc(C)cc2C)n[nH]c1=O. The van der Waals surface area contributed by atoms with Crippen LogP contribution in [0.2, 0.25) is 0 Å². The average molecular weight is 391 g/mol. The quantitative estimate of drug-likeness (QED) is 0.594. The van der Waals surface area contributed by atoms with Crippen LogP contribution < -0.4 is 16.3 Å². The number of aryl methyl sites for hydroxylation is 3. The van der Waals surface area contributed by atoms with Crippen LogP contribution in [-0.4, -0.2) is 38.9 Å². The van der Waals surface area contributed by atoms with Crippen LogP contribution in [0.1, 0.15) is 30.0 Å². The van der Waals surface area contributed by atoms with Crippen LogP contribution in [-0.2, 0) is 16.1 Å². The summed E-state index contributed by atoms with van der Waals surface area (Å²) in [5.74, 6) is -0.513. The van der Waals surface area contributed by atoms with Gasteiger partial charge >= 0.3 is 5.69 Å². The highest BCUT2D eigenvalue weighted by Crippen LogP contribution is 2.21. The summed E-state index contributed by atoms with van der Waals surface area (Å²) in [4.78, 5) is 35.7. The van der Waals surface area contributed by atoms with Crippen molar-refractivity contribution >= 4 is 29.3 Å². The van der Waals surface area contributed by atoms with Crippen LogP contribution in [0.15, 0.2) is 22.1 Å². The number of H-pyrrole nitrogens is 1. The Hall–Kier alpha value is -2.55. The van der Waals surface area contributed by atoms with Gasteiger partial charge in [-0.3, -0.25) is 14.2 Å². The van der Waals surface area contributed by atoms with Crippen molar-refractivity contribution in [3.63, 3.8) is 0 Å². The molecule has 9 heteroatoms. The molecule has 2 rings (SSSR count). The van der Waals surface area contributed by atoms with Crippen molar-refractivity contribution in [2.45, 2.75) is 45.8 Å². The third kappa shape index (κ3) is 5.72. The van der Waals surface area contributed by atoms with Crippen LogP contribution in [0.5, 0.6) is 0 Å². The molecule has 0 aliphatic rings. The maximum atomic E-state index is 12.1. The maximum Gasteiger partial charge on any atom is 0.343 e. The predicted molar refractivity (Wildman–Crippen MR) is 106 cm³/mol. The van der Waals surface area contributed by atoms with Gasteiger partial charge in [-0.15, -0.1) is 5.10 Å². The van der Waals surface area contributed by atoms with Crippen molar-refractivity contribution in [1.82, 2.24) is 20.1 Å². The number of aromatic nitrogens is 3. The molecule has 0 radical (unpaired) electrons. The first-order valence-electron chi connectivity index (χ1n) is 8.74. The molecule has 0 saturated heterocycles. The summed E-state index contributed by atoms with van der Waals surface area (Å²) in [6.07, 6.45) is 0.789. The minimum Gasteiger partial charge on any atom is -0.346 e. The molecule has 3 N–H and O–H groups in total. The lowest BCUT2D eigenvalue weighted by molar-refractivity contribution is -0.122. The Balaban J connectivity index is 1.84. The standard InChI is InChI=1S/C18H25N5O3S/c1-5-6-23-17(26)21-22-18(23)27-10-15(25)19-9-14(24)20-16-12(3)7-11(2)8-13(16)4/h7-8H,5-6,9-10H2,1-4H3,(H,19,25)(H,20,24)(H,21,26). The van der Waals surface area contributed by atoms with Gasteiger partial charge < -0.3 is 10.6 Å². The number of hydrogen-bond acceptors (Lipinski definition) is 5. The molecule has 0 atom stereocenters. The van der Waals surface area contributed by atoms with Gasteiger partial charge in [-0.25, -0.2) is 9.89 Å². The van der Waals surface area contributed by atoms with E-state index >= 15 is 0 Å². The molecule has 0 saturated carbocycles. The highest BCUT2D eigenvalue weighted by Gasteiger charge is 2.13. The molecule has 0 aliphatic heterocycles. The lowest BCUT2D eigenvalue weighted by Crippen LogP contribution is -2.34. The number of carbonyl (C=O) groups excluding carboxylic acids is 2. The molecular formula is C18H25N5O3S. The van der Waals surface area contributed by atoms with E-state index < -0.39 is 0 Å². The van der Waals surface area contributed by atoms with Crippen molar-refractivity contribution in [2.75, 3.05) is 17.6 Å². The van der Waals surface area contributed by atoms with E-state index in [9.17, 15) is 14.4 Å². The van der Waals surface area contributed by atoms with Crippen molar-refractivity contribution in [2.24, 2.45) is 0 Å². The summed E-state index contributed by atoms with van der Waals surface area (Å²) in [6.45, 7) is 8.25. The summed E-state index contributed by atoms with van der Waals surface area (Å²) in [6, 6.07) is 4.00. The summed E-state index contributed by atoms with van der Waals surface area (Å²) in [5.41, 5.74) is 3.58. The third-order valence-corrected chi connectivity index (χ3v) is 4.87. The van der Waals surface area contributed by atoms with Gasteiger partial charge in [0.05, 0.1) is 12.3 Å². The molecular weight excluding hydrogens is 366 g/mol. The fourth-order valence-electron chi connectivity index (χ4n) is 2.76. The van der Waals surface area contributed by atoms with Crippen LogP contribution in [0.25, 0.3) is 0 Å². The molecule has 1 aromatic heterocycles. The minimum absolute atomic E-state index is 0.0733. The van der Waals surface area contributed by atoms with Gasteiger partial charge in [0, 0.05) is 12.2 Å². The second-order valence-corrected chi connectivity index (χ2v) is 7.29. The number of anilines is 1. The Kier molecular flexibility index (Phi) is 7.23. The molecule has 1 heterocycles. The van der Waals surface area contributed by atoms with E-state index in [1.165, 1.54) is 4.57 Å². The molecule has 2 aromatic rings. The van der Waals surface area contributed by atoms with Crippen molar-refractivity contribution < 1.29 is 9.59 Å². The van der Waals surface area contributed by atoms with E-state index in [0.29, 0.717) is 11.7 Å². The number of nitrogens with zero attached hydrogens (tertiary/aromatic N) is 2. The predicted octanol–water partition coefficient (Wildman–Crippen LogP) is 1.75. The second kappa shape index (κ2) is 9.40. The zero-order valence-corrected chi connectivity index (χ0v) is 16.8. The fourth-order valence-corrected chi connectivity index (χ4v) is 3.56. The van der Waals surface area contributed by atoms with Gasteiger partial charge in [-0.2, -0.15) is 0 Å². The maximum absolute atomic E-state index is 12.1. The molecule has 0 bridgehead atoms. The number of rotatable bonds is 8. The second-order valence-electron chi connectivity index (χ2n) is 6.35. The molecule has 2 amide bonds. The van der Waals surface area contributed by atoms with Crippen LogP contribution in [0.4, 0.5) is 5.69 Å². The van der Waals surface area contributed by atoms with Crippen LogP contribution in [0, 0.1) is 20.8 Å². The smallest absolute Gasteiger partial charge is 0.343 e. The van der Waals surface area contributed by atoms with Gasteiger partial charge in [0.2, 0.25) is 11.8 Å². The number of amides is 2. The molecule has 0 fully saturated rings. The molecule has 8 nitrogen and oxygen atoms in total. The first-order valence-corrected chi connectivity index (χ1v) is 9.72. The first-order chi connectivity index (χ1) is 12.8. The summed E-state index contributed by atoms with van der Waals surface area (Å²) >= 11 is 1.15. The van der Waals surface area contributed by atoms with Crippen molar-refractivity contribution in [3.8, 4) is 0 Å². The Morgan fingerprint density at radius 1 is 1.19 bits per heavy atom. The Bertz CT molecular complexity index is 864. The van der Waals surface area contributed by atoms with E-state index in [4.69, 9.17) is 0 Å². The van der Waals surface area contributed by atoms with Gasteiger partial charge in [0.25, 0.3) is 0 Å². The Morgan fingerprint density at radius 2 is 1.85 bits per heavy atom. The normalized spacial score (nSPS) is 10.7. The Labute approximate surface area is 162 Å². The van der Waals surface area contributed by atoms with Crippen molar-refractivity contribution in [3.05, 3.63) is 39.3 Å². The van der Waals surface area contributed by atoms with Crippen molar-refractivity contribution in [1.29, 1.82) is 0 Å². The summed E-state index contributed by atoms with van der Waals surface area (Å²) < 4.78 is 1.49. The van der Waals surface area contributed by atoms with Gasteiger partial charge in [-0.05, 0) is 38.3 Å². The van der Waals surface area contributed by atoms with E-state index in [1.54, 1.807) is 0 Å². The van der Waals surface area contributed by atoms with E-state index in [1.807, 2.05) is 39.8 Å². The zero-order chi connectivity index (χ0) is 20.0. The lowest BCUT2D eigenvalue weighted by Gasteiger charge is -2.13. The largest absolute Gasteiger partial charge is 0.346 e. The van der Waals surface area contributed by atoms with Gasteiger partial charge in [0.15, 0.2) is 5.16 Å².